The van der Waals surface area contributed by atoms with E-state index in [4.69, 9.17) is 5.73 Å². The molecule has 0 spiro atoms. The molecule has 2 aliphatic rings. The molecule has 0 bridgehead atoms. The van der Waals surface area contributed by atoms with Gasteiger partial charge in [0.15, 0.2) is 0 Å². The van der Waals surface area contributed by atoms with Gasteiger partial charge < -0.3 is 20.9 Å². The summed E-state index contributed by atoms with van der Waals surface area (Å²) in [5.74, 6) is -1.13. The topological polar surface area (TPSA) is 113 Å². The lowest BCUT2D eigenvalue weighted by Gasteiger charge is -2.27. The Balaban J connectivity index is 1.63. The summed E-state index contributed by atoms with van der Waals surface area (Å²) in [5.41, 5.74) is 5.94. The Morgan fingerprint density at radius 2 is 1.93 bits per heavy atom. The first-order valence-electron chi connectivity index (χ1n) is 10.7. The second-order valence-corrected chi connectivity index (χ2v) is 8.14. The highest BCUT2D eigenvalue weighted by Crippen LogP contribution is 2.22. The van der Waals surface area contributed by atoms with E-state index in [1.165, 1.54) is 6.07 Å². The largest absolute Gasteiger partial charge is 0.366 e. The van der Waals surface area contributed by atoms with Crippen molar-refractivity contribution in [2.75, 3.05) is 26.2 Å². The molecule has 1 aromatic rings. The van der Waals surface area contributed by atoms with Gasteiger partial charge in [-0.1, -0.05) is 13.0 Å². The minimum Gasteiger partial charge on any atom is -0.366 e. The average molecular weight is 415 g/mol. The number of primary amides is 1. The van der Waals surface area contributed by atoms with Gasteiger partial charge in [-0.05, 0) is 43.9 Å². The highest BCUT2D eigenvalue weighted by molar-refractivity contribution is 5.99. The van der Waals surface area contributed by atoms with Crippen LogP contribution in [0.25, 0.3) is 0 Å². The molecule has 0 aliphatic carbocycles. The van der Waals surface area contributed by atoms with Crippen LogP contribution in [0.15, 0.2) is 24.3 Å². The fraction of sp³-hybridized carbons (Fsp3) is 0.545. The van der Waals surface area contributed by atoms with Gasteiger partial charge in [0.2, 0.25) is 17.7 Å². The van der Waals surface area contributed by atoms with Gasteiger partial charge in [-0.15, -0.1) is 0 Å². The Morgan fingerprint density at radius 1 is 1.17 bits per heavy atom. The second kappa shape index (κ2) is 9.73. The van der Waals surface area contributed by atoms with Crippen molar-refractivity contribution >= 4 is 23.6 Å². The first-order chi connectivity index (χ1) is 14.4. The molecule has 0 radical (unpaired) electrons. The SMILES string of the molecule is CCCN1CC(C(=O)N2CCCCC(NC(=O)c3cccc(C(N)=O)c3)C2)CC1=O. The van der Waals surface area contributed by atoms with Crippen LogP contribution in [0.5, 0.6) is 0 Å². The summed E-state index contributed by atoms with van der Waals surface area (Å²) in [6.07, 6.45) is 3.69. The van der Waals surface area contributed by atoms with E-state index >= 15 is 0 Å². The van der Waals surface area contributed by atoms with Crippen molar-refractivity contribution in [3.05, 3.63) is 35.4 Å². The highest BCUT2D eigenvalue weighted by atomic mass is 16.2. The number of nitrogens with zero attached hydrogens (tertiary/aromatic N) is 2. The summed E-state index contributed by atoms with van der Waals surface area (Å²) in [7, 11) is 0. The third-order valence-electron chi connectivity index (χ3n) is 5.78. The van der Waals surface area contributed by atoms with Gasteiger partial charge in [-0.2, -0.15) is 0 Å². The standard InChI is InChI=1S/C22H30N4O4/c1-2-9-25-13-17(12-19(25)27)22(30)26-10-4-3-8-18(14-26)24-21(29)16-7-5-6-15(11-16)20(23)28/h5-7,11,17-18H,2-4,8-10,12-14H2,1H3,(H2,23,28)(H,24,29). The van der Waals surface area contributed by atoms with Gasteiger partial charge in [0.25, 0.3) is 5.91 Å². The quantitative estimate of drug-likeness (QED) is 0.727. The minimum atomic E-state index is -0.584. The maximum Gasteiger partial charge on any atom is 0.251 e. The summed E-state index contributed by atoms with van der Waals surface area (Å²) < 4.78 is 0. The number of carbonyl (C=O) groups excluding carboxylic acids is 4. The van der Waals surface area contributed by atoms with Crippen molar-refractivity contribution in [2.24, 2.45) is 11.7 Å². The van der Waals surface area contributed by atoms with Crippen LogP contribution in [0.1, 0.15) is 59.7 Å². The fourth-order valence-electron chi connectivity index (χ4n) is 4.22. The van der Waals surface area contributed by atoms with Crippen molar-refractivity contribution in [3.8, 4) is 0 Å². The normalized spacial score (nSPS) is 22.0. The van der Waals surface area contributed by atoms with Crippen LogP contribution in [0.3, 0.4) is 0 Å². The van der Waals surface area contributed by atoms with Crippen LogP contribution in [0.4, 0.5) is 0 Å². The number of hydrogen-bond acceptors (Lipinski definition) is 4. The van der Waals surface area contributed by atoms with E-state index in [-0.39, 0.29) is 41.7 Å². The smallest absolute Gasteiger partial charge is 0.251 e. The molecular weight excluding hydrogens is 384 g/mol. The van der Waals surface area contributed by atoms with E-state index in [0.29, 0.717) is 31.7 Å². The third-order valence-corrected chi connectivity index (χ3v) is 5.78. The molecule has 4 amide bonds. The molecule has 2 atom stereocenters. The van der Waals surface area contributed by atoms with E-state index in [9.17, 15) is 19.2 Å². The van der Waals surface area contributed by atoms with Crippen molar-refractivity contribution in [2.45, 2.75) is 45.1 Å². The lowest BCUT2D eigenvalue weighted by molar-refractivity contribution is -0.136. The Bertz CT molecular complexity index is 825. The number of benzene rings is 1. The average Bonchev–Trinajstić information content (AvgIpc) is 2.94. The Kier molecular flexibility index (Phi) is 7.07. The molecule has 1 aromatic carbocycles. The molecule has 162 valence electrons. The molecule has 2 heterocycles. The molecule has 8 nitrogen and oxygen atoms in total. The lowest BCUT2D eigenvalue weighted by Crippen LogP contribution is -2.46. The zero-order chi connectivity index (χ0) is 21.7. The number of hydrogen-bond donors (Lipinski definition) is 2. The first kappa shape index (κ1) is 21.8. The maximum absolute atomic E-state index is 13.1. The number of nitrogens with one attached hydrogen (secondary N) is 1. The third kappa shape index (κ3) is 5.17. The molecule has 2 unspecified atom stereocenters. The molecule has 0 saturated carbocycles. The number of likely N-dealkylation sites (tertiary alicyclic amines) is 2. The van der Waals surface area contributed by atoms with Gasteiger partial charge >= 0.3 is 0 Å². The molecule has 8 heteroatoms. The molecule has 2 aliphatic heterocycles. The van der Waals surface area contributed by atoms with Crippen molar-refractivity contribution < 1.29 is 19.2 Å². The van der Waals surface area contributed by atoms with Crippen molar-refractivity contribution in [3.63, 3.8) is 0 Å². The van der Waals surface area contributed by atoms with Gasteiger partial charge in [0.05, 0.1) is 5.92 Å². The number of amides is 4. The van der Waals surface area contributed by atoms with Crippen LogP contribution in [-0.4, -0.2) is 65.6 Å². The molecule has 30 heavy (non-hydrogen) atoms. The minimum absolute atomic E-state index is 0.00109. The second-order valence-electron chi connectivity index (χ2n) is 8.14. The molecule has 3 N–H and O–H groups in total. The zero-order valence-electron chi connectivity index (χ0n) is 17.4. The Morgan fingerprint density at radius 3 is 2.67 bits per heavy atom. The molecular formula is C22H30N4O4. The van der Waals surface area contributed by atoms with Gasteiger partial charge in [0, 0.05) is 49.8 Å². The Hall–Kier alpha value is -2.90. The summed E-state index contributed by atoms with van der Waals surface area (Å²) >= 11 is 0. The van der Waals surface area contributed by atoms with Gasteiger partial charge in [-0.3, -0.25) is 19.2 Å². The van der Waals surface area contributed by atoms with Gasteiger partial charge in [0.1, 0.15) is 0 Å². The summed E-state index contributed by atoms with van der Waals surface area (Å²) in [6, 6.07) is 6.12. The van der Waals surface area contributed by atoms with E-state index in [1.807, 2.05) is 6.92 Å². The van der Waals surface area contributed by atoms with Crippen molar-refractivity contribution in [1.29, 1.82) is 0 Å². The number of nitrogens with two attached hydrogens (primary N) is 1. The predicted octanol–water partition coefficient (Wildman–Crippen LogP) is 1.15. The predicted molar refractivity (Wildman–Crippen MR) is 112 cm³/mol. The molecule has 2 fully saturated rings. The van der Waals surface area contributed by atoms with E-state index < -0.39 is 5.91 Å². The zero-order valence-corrected chi connectivity index (χ0v) is 17.4. The summed E-state index contributed by atoms with van der Waals surface area (Å²) in [5, 5.41) is 2.99. The maximum atomic E-state index is 13.1. The van der Waals surface area contributed by atoms with E-state index in [2.05, 4.69) is 5.32 Å². The van der Waals surface area contributed by atoms with Crippen LogP contribution in [0.2, 0.25) is 0 Å². The Labute approximate surface area is 176 Å². The molecule has 0 aromatic heterocycles. The van der Waals surface area contributed by atoms with Crippen LogP contribution >= 0.6 is 0 Å². The molecule has 2 saturated heterocycles. The lowest BCUT2D eigenvalue weighted by atomic mass is 10.1. The van der Waals surface area contributed by atoms with E-state index in [1.54, 1.807) is 28.0 Å². The van der Waals surface area contributed by atoms with Crippen molar-refractivity contribution in [1.82, 2.24) is 15.1 Å². The van der Waals surface area contributed by atoms with Gasteiger partial charge in [-0.25, -0.2) is 0 Å². The van der Waals surface area contributed by atoms with E-state index in [0.717, 1.165) is 25.7 Å². The summed E-state index contributed by atoms with van der Waals surface area (Å²) in [4.78, 5) is 52.8. The molecule has 3 rings (SSSR count). The highest BCUT2D eigenvalue weighted by Gasteiger charge is 2.37. The summed E-state index contributed by atoms with van der Waals surface area (Å²) in [6.45, 7) is 4.26. The van der Waals surface area contributed by atoms with Crippen LogP contribution < -0.4 is 11.1 Å². The van der Waals surface area contributed by atoms with Crippen LogP contribution in [-0.2, 0) is 9.59 Å². The first-order valence-corrected chi connectivity index (χ1v) is 10.7. The monoisotopic (exact) mass is 414 g/mol. The van der Waals surface area contributed by atoms with Crippen LogP contribution in [0, 0.1) is 5.92 Å². The number of carbonyl (C=O) groups is 4. The fourth-order valence-corrected chi connectivity index (χ4v) is 4.22. The number of rotatable bonds is 6.